The van der Waals surface area contributed by atoms with Crippen molar-refractivity contribution in [3.05, 3.63) is 0 Å². The van der Waals surface area contributed by atoms with Crippen LogP contribution in [0, 0.1) is 0 Å². The molecule has 0 saturated heterocycles. The SMILES string of the molecule is CCOC(=O)N(CC)CCNC(=O)OC(C)(C)C. The molecule has 0 heterocycles. The molecular weight excluding hydrogens is 236 g/mol. The number of nitrogens with one attached hydrogen (secondary N) is 1. The summed E-state index contributed by atoms with van der Waals surface area (Å²) in [5, 5.41) is 2.59. The molecule has 18 heavy (non-hydrogen) atoms. The summed E-state index contributed by atoms with van der Waals surface area (Å²) in [6, 6.07) is 0. The molecule has 0 aliphatic rings. The molecule has 6 heteroatoms. The van der Waals surface area contributed by atoms with Gasteiger partial charge >= 0.3 is 12.2 Å². The van der Waals surface area contributed by atoms with Gasteiger partial charge in [-0.1, -0.05) is 0 Å². The summed E-state index contributed by atoms with van der Waals surface area (Å²) in [6.07, 6.45) is -0.853. The topological polar surface area (TPSA) is 67.9 Å². The quantitative estimate of drug-likeness (QED) is 0.820. The molecule has 0 saturated carbocycles. The zero-order chi connectivity index (χ0) is 14.2. The van der Waals surface area contributed by atoms with Crippen LogP contribution in [-0.4, -0.2) is 48.9 Å². The largest absolute Gasteiger partial charge is 0.450 e. The molecular formula is C12H24N2O4. The van der Waals surface area contributed by atoms with E-state index in [4.69, 9.17) is 9.47 Å². The molecule has 0 aliphatic carbocycles. The lowest BCUT2D eigenvalue weighted by Gasteiger charge is -2.22. The van der Waals surface area contributed by atoms with E-state index in [9.17, 15) is 9.59 Å². The fraction of sp³-hybridized carbons (Fsp3) is 0.833. The smallest absolute Gasteiger partial charge is 0.409 e. The molecule has 0 radical (unpaired) electrons. The summed E-state index contributed by atoms with van der Waals surface area (Å²) in [5.41, 5.74) is -0.518. The normalized spacial score (nSPS) is 10.7. The van der Waals surface area contributed by atoms with Gasteiger partial charge in [0.15, 0.2) is 0 Å². The van der Waals surface area contributed by atoms with Gasteiger partial charge in [-0.05, 0) is 34.6 Å². The summed E-state index contributed by atoms with van der Waals surface area (Å²) in [7, 11) is 0. The Morgan fingerprint density at radius 1 is 1.22 bits per heavy atom. The molecule has 0 aromatic carbocycles. The Kier molecular flexibility index (Phi) is 7.16. The first-order valence-corrected chi connectivity index (χ1v) is 6.18. The first-order valence-electron chi connectivity index (χ1n) is 6.18. The van der Waals surface area contributed by atoms with Gasteiger partial charge in [0.05, 0.1) is 6.61 Å². The van der Waals surface area contributed by atoms with Crippen LogP contribution in [0.3, 0.4) is 0 Å². The molecule has 2 amide bonds. The lowest BCUT2D eigenvalue weighted by atomic mass is 10.2. The second-order valence-electron chi connectivity index (χ2n) is 4.71. The maximum Gasteiger partial charge on any atom is 0.409 e. The number of carbonyl (C=O) groups excluding carboxylic acids is 2. The van der Waals surface area contributed by atoms with Gasteiger partial charge in [-0.2, -0.15) is 0 Å². The van der Waals surface area contributed by atoms with E-state index in [1.54, 1.807) is 27.7 Å². The second-order valence-corrected chi connectivity index (χ2v) is 4.71. The highest BCUT2D eigenvalue weighted by Gasteiger charge is 2.16. The van der Waals surface area contributed by atoms with Crippen LogP contribution in [0.4, 0.5) is 9.59 Å². The average molecular weight is 260 g/mol. The number of hydrogen-bond donors (Lipinski definition) is 1. The number of hydrogen-bond acceptors (Lipinski definition) is 4. The third-order valence-electron chi connectivity index (χ3n) is 1.96. The van der Waals surface area contributed by atoms with E-state index in [2.05, 4.69) is 5.32 Å². The number of rotatable bonds is 5. The van der Waals surface area contributed by atoms with Crippen LogP contribution < -0.4 is 5.32 Å². The minimum absolute atomic E-state index is 0.335. The van der Waals surface area contributed by atoms with Crippen molar-refractivity contribution in [2.45, 2.75) is 40.2 Å². The number of ether oxygens (including phenoxy) is 2. The van der Waals surface area contributed by atoms with Gasteiger partial charge in [0.2, 0.25) is 0 Å². The van der Waals surface area contributed by atoms with Gasteiger partial charge in [-0.25, -0.2) is 9.59 Å². The van der Waals surface area contributed by atoms with Crippen molar-refractivity contribution < 1.29 is 19.1 Å². The van der Waals surface area contributed by atoms with Gasteiger partial charge in [0.1, 0.15) is 5.60 Å². The van der Waals surface area contributed by atoms with Gasteiger partial charge in [-0.15, -0.1) is 0 Å². The predicted octanol–water partition coefficient (Wildman–Crippen LogP) is 1.99. The molecule has 0 unspecified atom stereocenters. The highest BCUT2D eigenvalue weighted by atomic mass is 16.6. The van der Waals surface area contributed by atoms with Gasteiger partial charge < -0.3 is 19.7 Å². The Labute approximate surface area is 109 Å². The van der Waals surface area contributed by atoms with Crippen molar-refractivity contribution in [2.24, 2.45) is 0 Å². The summed E-state index contributed by atoms with van der Waals surface area (Å²) in [5.74, 6) is 0. The Balaban J connectivity index is 3.94. The van der Waals surface area contributed by atoms with E-state index in [1.807, 2.05) is 6.92 Å². The van der Waals surface area contributed by atoms with Crippen LogP contribution in [0.15, 0.2) is 0 Å². The van der Waals surface area contributed by atoms with Crippen molar-refractivity contribution in [2.75, 3.05) is 26.2 Å². The highest BCUT2D eigenvalue weighted by Crippen LogP contribution is 2.06. The summed E-state index contributed by atoms with van der Waals surface area (Å²) < 4.78 is 9.95. The first kappa shape index (κ1) is 16.5. The molecule has 0 spiro atoms. The average Bonchev–Trinajstić information content (AvgIpc) is 2.22. The lowest BCUT2D eigenvalue weighted by Crippen LogP contribution is -2.40. The van der Waals surface area contributed by atoms with Crippen LogP contribution in [0.2, 0.25) is 0 Å². The van der Waals surface area contributed by atoms with Crippen LogP contribution in [-0.2, 0) is 9.47 Å². The Morgan fingerprint density at radius 3 is 2.28 bits per heavy atom. The van der Waals surface area contributed by atoms with Crippen molar-refractivity contribution in [3.63, 3.8) is 0 Å². The maximum absolute atomic E-state index is 11.4. The minimum atomic E-state index is -0.518. The Morgan fingerprint density at radius 2 is 1.83 bits per heavy atom. The maximum atomic E-state index is 11.4. The lowest BCUT2D eigenvalue weighted by molar-refractivity contribution is 0.0517. The molecule has 0 bridgehead atoms. The molecule has 106 valence electrons. The summed E-state index contributed by atoms with van der Waals surface area (Å²) >= 11 is 0. The number of amides is 2. The van der Waals surface area contributed by atoms with E-state index in [1.165, 1.54) is 4.90 Å². The summed E-state index contributed by atoms with van der Waals surface area (Å²) in [4.78, 5) is 24.3. The fourth-order valence-electron chi connectivity index (χ4n) is 1.20. The first-order chi connectivity index (χ1) is 8.30. The van der Waals surface area contributed by atoms with Crippen LogP contribution >= 0.6 is 0 Å². The number of nitrogens with zero attached hydrogens (tertiary/aromatic N) is 1. The molecule has 0 aromatic rings. The van der Waals surface area contributed by atoms with Crippen molar-refractivity contribution in [1.82, 2.24) is 10.2 Å². The predicted molar refractivity (Wildman–Crippen MR) is 68.5 cm³/mol. The van der Waals surface area contributed by atoms with Crippen LogP contribution in [0.1, 0.15) is 34.6 Å². The molecule has 0 aromatic heterocycles. The molecule has 6 nitrogen and oxygen atoms in total. The van der Waals surface area contributed by atoms with E-state index in [0.717, 1.165) is 0 Å². The monoisotopic (exact) mass is 260 g/mol. The third kappa shape index (κ3) is 7.76. The molecule has 0 rings (SSSR count). The van der Waals surface area contributed by atoms with E-state index in [-0.39, 0.29) is 6.09 Å². The van der Waals surface area contributed by atoms with E-state index < -0.39 is 11.7 Å². The van der Waals surface area contributed by atoms with Crippen LogP contribution in [0.5, 0.6) is 0 Å². The third-order valence-corrected chi connectivity index (χ3v) is 1.96. The van der Waals surface area contributed by atoms with Crippen molar-refractivity contribution in [1.29, 1.82) is 0 Å². The zero-order valence-corrected chi connectivity index (χ0v) is 11.9. The van der Waals surface area contributed by atoms with Gasteiger partial charge in [0.25, 0.3) is 0 Å². The molecule has 0 aliphatic heterocycles. The number of carbonyl (C=O) groups is 2. The van der Waals surface area contributed by atoms with E-state index in [0.29, 0.717) is 26.2 Å². The van der Waals surface area contributed by atoms with Crippen LogP contribution in [0.25, 0.3) is 0 Å². The summed E-state index contributed by atoms with van der Waals surface area (Å²) in [6.45, 7) is 10.6. The van der Waals surface area contributed by atoms with Crippen molar-refractivity contribution in [3.8, 4) is 0 Å². The number of likely N-dealkylation sites (N-methyl/N-ethyl adjacent to an activating group) is 1. The standard InChI is InChI=1S/C12H24N2O4/c1-6-14(11(16)17-7-2)9-8-13-10(15)18-12(3,4)5/h6-9H2,1-5H3,(H,13,15). The Hall–Kier alpha value is -1.46. The van der Waals surface area contributed by atoms with E-state index >= 15 is 0 Å². The van der Waals surface area contributed by atoms with Crippen molar-refractivity contribution >= 4 is 12.2 Å². The molecule has 1 N–H and O–H groups in total. The highest BCUT2D eigenvalue weighted by molar-refractivity contribution is 5.68. The van der Waals surface area contributed by atoms with Gasteiger partial charge in [-0.3, -0.25) is 0 Å². The Bertz CT molecular complexity index is 274. The molecule has 0 atom stereocenters. The second kappa shape index (κ2) is 7.79. The fourth-order valence-corrected chi connectivity index (χ4v) is 1.20. The minimum Gasteiger partial charge on any atom is -0.450 e. The zero-order valence-electron chi connectivity index (χ0n) is 11.9. The van der Waals surface area contributed by atoms with Gasteiger partial charge in [0, 0.05) is 19.6 Å². The molecule has 0 fully saturated rings. The number of alkyl carbamates (subject to hydrolysis) is 1.